The van der Waals surface area contributed by atoms with E-state index in [2.05, 4.69) is 5.32 Å². The molecule has 0 saturated carbocycles. The zero-order valence-corrected chi connectivity index (χ0v) is 23.1. The molecule has 4 aromatic rings. The number of carbonyl (C=O) groups is 1. The fourth-order valence-corrected chi connectivity index (χ4v) is 6.32. The average molecular weight is 588 g/mol. The second-order valence-corrected chi connectivity index (χ2v) is 12.7. The second kappa shape index (κ2) is 11.0. The average Bonchev–Trinajstić information content (AvgIpc) is 2.93. The van der Waals surface area contributed by atoms with Gasteiger partial charge in [-0.15, -0.1) is 0 Å². The number of hydrogen-bond donors (Lipinski definition) is 1. The van der Waals surface area contributed by atoms with Crippen molar-refractivity contribution >= 4 is 54.6 Å². The molecule has 0 bridgehead atoms. The first-order chi connectivity index (χ1) is 18.4. The molecule has 0 aliphatic carbocycles. The summed E-state index contributed by atoms with van der Waals surface area (Å²) >= 11 is 6.22. The minimum absolute atomic E-state index is 0.0107. The van der Waals surface area contributed by atoms with Crippen LogP contribution in [0.2, 0.25) is 5.02 Å². The molecule has 0 radical (unpaired) electrons. The maximum atomic E-state index is 13.3. The van der Waals surface area contributed by atoms with Gasteiger partial charge in [0.25, 0.3) is 26.0 Å². The van der Waals surface area contributed by atoms with Crippen molar-refractivity contribution < 1.29 is 26.0 Å². The highest BCUT2D eigenvalue weighted by molar-refractivity contribution is 7.93. The summed E-state index contributed by atoms with van der Waals surface area (Å²) in [6, 6.07) is 22.7. The number of para-hydroxylation sites is 1. The van der Waals surface area contributed by atoms with E-state index in [9.17, 15) is 26.0 Å². The number of hydrogen-bond acceptors (Lipinski definition) is 5. The van der Waals surface area contributed by atoms with Crippen LogP contribution in [-0.2, 0) is 20.0 Å². The Morgan fingerprint density at radius 3 is 1.90 bits per heavy atom. The number of carbonyl (C=O) groups excluding carboxylic acids is 1. The number of nitrogens with one attached hydrogen (secondary N) is 1. The fraction of sp³-hybridized carbons (Fsp3) is 0.0741. The highest BCUT2D eigenvalue weighted by Crippen LogP contribution is 2.28. The van der Waals surface area contributed by atoms with Crippen molar-refractivity contribution in [3.8, 4) is 0 Å². The summed E-state index contributed by atoms with van der Waals surface area (Å²) in [7, 11) is -5.34. The van der Waals surface area contributed by atoms with Gasteiger partial charge in [-0.1, -0.05) is 35.9 Å². The summed E-state index contributed by atoms with van der Waals surface area (Å²) in [6.45, 7) is 0. The molecule has 0 spiro atoms. The Kier molecular flexibility index (Phi) is 7.96. The predicted molar refractivity (Wildman–Crippen MR) is 150 cm³/mol. The van der Waals surface area contributed by atoms with E-state index < -0.39 is 31.8 Å². The lowest BCUT2D eigenvalue weighted by Crippen LogP contribution is -2.27. The number of amides is 1. The van der Waals surface area contributed by atoms with E-state index in [1.807, 2.05) is 0 Å². The van der Waals surface area contributed by atoms with Crippen LogP contribution in [0.1, 0.15) is 10.4 Å². The molecule has 202 valence electrons. The molecule has 4 rings (SSSR count). The van der Waals surface area contributed by atoms with Crippen molar-refractivity contribution in [1.29, 1.82) is 0 Å². The third-order valence-corrected chi connectivity index (χ3v) is 9.79. The lowest BCUT2D eigenvalue weighted by molar-refractivity contribution is 0.102. The summed E-state index contributed by atoms with van der Waals surface area (Å²) in [5.41, 5.74) is 0.702. The van der Waals surface area contributed by atoms with Gasteiger partial charge in [0.1, 0.15) is 5.82 Å². The Morgan fingerprint density at radius 2 is 1.28 bits per heavy atom. The van der Waals surface area contributed by atoms with Gasteiger partial charge in [-0.3, -0.25) is 13.4 Å². The normalized spacial score (nSPS) is 11.6. The van der Waals surface area contributed by atoms with Gasteiger partial charge in [-0.2, -0.15) is 0 Å². The van der Waals surface area contributed by atoms with Gasteiger partial charge in [-0.25, -0.2) is 21.2 Å². The molecule has 8 nitrogen and oxygen atoms in total. The van der Waals surface area contributed by atoms with Crippen molar-refractivity contribution in [3.63, 3.8) is 0 Å². The molecular weight excluding hydrogens is 565 g/mol. The Hall–Kier alpha value is -3.93. The van der Waals surface area contributed by atoms with Gasteiger partial charge in [0.2, 0.25) is 0 Å². The lowest BCUT2D eigenvalue weighted by atomic mass is 10.2. The highest BCUT2D eigenvalue weighted by Gasteiger charge is 2.25. The molecule has 0 aromatic heterocycles. The quantitative estimate of drug-likeness (QED) is 0.298. The summed E-state index contributed by atoms with van der Waals surface area (Å²) in [5, 5.41) is 2.57. The summed E-state index contributed by atoms with van der Waals surface area (Å²) in [4.78, 5) is 12.8. The molecule has 0 atom stereocenters. The molecule has 1 N–H and O–H groups in total. The van der Waals surface area contributed by atoms with Crippen LogP contribution in [0, 0.1) is 5.82 Å². The maximum Gasteiger partial charge on any atom is 0.264 e. The fourth-order valence-electron chi connectivity index (χ4n) is 3.65. The van der Waals surface area contributed by atoms with Crippen molar-refractivity contribution in [1.82, 2.24) is 0 Å². The summed E-state index contributed by atoms with van der Waals surface area (Å²) < 4.78 is 68.0. The number of benzene rings is 4. The van der Waals surface area contributed by atoms with Crippen LogP contribution in [-0.4, -0.2) is 36.8 Å². The first-order valence-corrected chi connectivity index (χ1v) is 14.7. The number of nitrogens with zero attached hydrogens (tertiary/aromatic N) is 2. The maximum absolute atomic E-state index is 13.3. The van der Waals surface area contributed by atoms with Gasteiger partial charge in [0.05, 0.1) is 31.8 Å². The van der Waals surface area contributed by atoms with E-state index in [0.717, 1.165) is 26.8 Å². The Labute approximate surface area is 231 Å². The molecule has 0 aliphatic rings. The number of sulfonamides is 2. The smallest absolute Gasteiger partial charge is 0.264 e. The lowest BCUT2D eigenvalue weighted by Gasteiger charge is -2.20. The standard InChI is InChI=1S/C27H23ClFN3O5S2/c1-31(21-8-4-3-5-9-21)38(34,35)23-10-6-7-20(17-23)30-27(33)25-18-24(15-16-26(25)28)39(36,37)32(2)22-13-11-19(29)12-14-22/h3-18H,1-2H3,(H,30,33). The third kappa shape index (κ3) is 5.90. The first-order valence-electron chi connectivity index (χ1n) is 11.4. The van der Waals surface area contributed by atoms with Crippen molar-refractivity contribution in [2.75, 3.05) is 28.0 Å². The Morgan fingerprint density at radius 1 is 0.718 bits per heavy atom. The third-order valence-electron chi connectivity index (χ3n) is 5.90. The van der Waals surface area contributed by atoms with Crippen molar-refractivity contribution in [2.24, 2.45) is 0 Å². The minimum atomic E-state index is -4.13. The molecular formula is C27H23ClFN3O5S2. The van der Waals surface area contributed by atoms with E-state index in [0.29, 0.717) is 5.69 Å². The van der Waals surface area contributed by atoms with Gasteiger partial charge in [0, 0.05) is 19.8 Å². The number of halogens is 2. The molecule has 1 amide bonds. The van der Waals surface area contributed by atoms with Crippen LogP contribution in [0.25, 0.3) is 0 Å². The van der Waals surface area contributed by atoms with Crippen molar-refractivity contribution in [3.05, 3.63) is 113 Å². The van der Waals surface area contributed by atoms with E-state index in [4.69, 9.17) is 11.6 Å². The summed E-state index contributed by atoms with van der Waals surface area (Å²) in [5.74, 6) is -1.26. The molecule has 39 heavy (non-hydrogen) atoms. The molecule has 0 fully saturated rings. The zero-order valence-electron chi connectivity index (χ0n) is 20.7. The molecule has 12 heteroatoms. The topological polar surface area (TPSA) is 104 Å². The first kappa shape index (κ1) is 28.1. The van der Waals surface area contributed by atoms with Crippen LogP contribution in [0.5, 0.6) is 0 Å². The van der Waals surface area contributed by atoms with Crippen LogP contribution >= 0.6 is 11.6 Å². The van der Waals surface area contributed by atoms with Crippen LogP contribution in [0.3, 0.4) is 0 Å². The number of rotatable bonds is 8. The predicted octanol–water partition coefficient (Wildman–Crippen LogP) is 5.38. The highest BCUT2D eigenvalue weighted by atomic mass is 35.5. The molecule has 0 aliphatic heterocycles. The summed E-state index contributed by atoms with van der Waals surface area (Å²) in [6.07, 6.45) is 0. The molecule has 4 aromatic carbocycles. The van der Waals surface area contributed by atoms with Gasteiger partial charge in [-0.05, 0) is 72.8 Å². The van der Waals surface area contributed by atoms with Crippen molar-refractivity contribution in [2.45, 2.75) is 9.79 Å². The second-order valence-electron chi connectivity index (χ2n) is 8.38. The van der Waals surface area contributed by atoms with E-state index >= 15 is 0 Å². The largest absolute Gasteiger partial charge is 0.322 e. The molecule has 0 unspecified atom stereocenters. The van der Waals surface area contributed by atoms with Gasteiger partial charge < -0.3 is 5.32 Å². The Balaban J connectivity index is 1.60. The minimum Gasteiger partial charge on any atom is -0.322 e. The van der Waals surface area contributed by atoms with Crippen LogP contribution in [0.15, 0.2) is 107 Å². The number of anilines is 3. The molecule has 0 saturated heterocycles. The monoisotopic (exact) mass is 587 g/mol. The van der Waals surface area contributed by atoms with Crippen LogP contribution < -0.4 is 13.9 Å². The zero-order chi connectivity index (χ0) is 28.4. The van der Waals surface area contributed by atoms with Gasteiger partial charge in [0.15, 0.2) is 0 Å². The SMILES string of the molecule is CN(c1ccccc1)S(=O)(=O)c1cccc(NC(=O)c2cc(S(=O)(=O)N(C)c3ccc(F)cc3)ccc2Cl)c1. The van der Waals surface area contributed by atoms with E-state index in [-0.39, 0.29) is 31.8 Å². The molecule has 0 heterocycles. The van der Waals surface area contributed by atoms with E-state index in [1.54, 1.807) is 30.3 Å². The van der Waals surface area contributed by atoms with Crippen LogP contribution in [0.4, 0.5) is 21.5 Å². The Bertz CT molecular complexity index is 1730. The van der Waals surface area contributed by atoms with E-state index in [1.165, 1.54) is 62.6 Å². The van der Waals surface area contributed by atoms with Gasteiger partial charge >= 0.3 is 0 Å².